The monoisotopic (exact) mass is 319 g/mol. The first-order valence-corrected chi connectivity index (χ1v) is 7.79. The fraction of sp³-hybridized carbons (Fsp3) is 0.533. The maximum atomic E-state index is 12.7. The average Bonchev–Trinajstić information content (AvgIpc) is 3.02. The molecule has 0 aliphatic carbocycles. The quantitative estimate of drug-likeness (QED) is 0.655. The smallest absolute Gasteiger partial charge is 0.426 e. The van der Waals surface area contributed by atoms with E-state index in [0.717, 1.165) is 6.42 Å². The topological polar surface area (TPSA) is 103 Å². The zero-order valence-corrected chi connectivity index (χ0v) is 13.3. The molecule has 124 valence electrons. The third-order valence-corrected chi connectivity index (χ3v) is 4.09. The fourth-order valence-corrected chi connectivity index (χ4v) is 2.80. The first kappa shape index (κ1) is 17.4. The van der Waals surface area contributed by atoms with Crippen LogP contribution >= 0.6 is 0 Å². The van der Waals surface area contributed by atoms with Crippen molar-refractivity contribution in [3.05, 3.63) is 30.1 Å². The van der Waals surface area contributed by atoms with Crippen LogP contribution in [0.15, 0.2) is 24.5 Å². The Morgan fingerprint density at radius 1 is 1.35 bits per heavy atom. The third kappa shape index (κ3) is 4.08. The molecular formula is C15H22BN3O4. The number of carbonyl (C=O) groups is 2. The van der Waals surface area contributed by atoms with E-state index in [2.05, 4.69) is 10.3 Å². The molecule has 2 atom stereocenters. The van der Waals surface area contributed by atoms with E-state index < -0.39 is 19.1 Å². The van der Waals surface area contributed by atoms with Crippen molar-refractivity contribution in [3.8, 4) is 0 Å². The van der Waals surface area contributed by atoms with Gasteiger partial charge in [0.1, 0.15) is 6.04 Å². The molecule has 0 radical (unpaired) electrons. The van der Waals surface area contributed by atoms with Crippen LogP contribution in [0.2, 0.25) is 0 Å². The molecule has 0 spiro atoms. The Hall–Kier alpha value is -1.93. The molecule has 2 heterocycles. The summed E-state index contributed by atoms with van der Waals surface area (Å²) >= 11 is 0. The molecule has 1 saturated heterocycles. The van der Waals surface area contributed by atoms with Crippen LogP contribution in [0.25, 0.3) is 0 Å². The van der Waals surface area contributed by atoms with Gasteiger partial charge in [0.2, 0.25) is 5.91 Å². The van der Waals surface area contributed by atoms with Gasteiger partial charge in [-0.2, -0.15) is 0 Å². The minimum atomic E-state index is -1.56. The molecule has 1 aromatic rings. The largest absolute Gasteiger partial charge is 0.475 e. The second kappa shape index (κ2) is 7.56. The van der Waals surface area contributed by atoms with Gasteiger partial charge < -0.3 is 20.3 Å². The Morgan fingerprint density at radius 2 is 2.00 bits per heavy atom. The maximum absolute atomic E-state index is 12.7. The number of hydrogen-bond acceptors (Lipinski definition) is 5. The van der Waals surface area contributed by atoms with E-state index in [1.54, 1.807) is 12.1 Å². The highest BCUT2D eigenvalue weighted by atomic mass is 16.4. The highest BCUT2D eigenvalue weighted by molar-refractivity contribution is 6.43. The second-order valence-electron chi connectivity index (χ2n) is 6.09. The molecule has 3 N–H and O–H groups in total. The Morgan fingerprint density at radius 3 is 2.57 bits per heavy atom. The fourth-order valence-electron chi connectivity index (χ4n) is 2.80. The van der Waals surface area contributed by atoms with Crippen molar-refractivity contribution in [2.75, 3.05) is 6.54 Å². The predicted octanol–water partition coefficient (Wildman–Crippen LogP) is -0.161. The van der Waals surface area contributed by atoms with Crippen LogP contribution in [0.4, 0.5) is 0 Å². The molecule has 2 rings (SSSR count). The Labute approximate surface area is 135 Å². The summed E-state index contributed by atoms with van der Waals surface area (Å²) < 4.78 is 0. The lowest BCUT2D eigenvalue weighted by molar-refractivity contribution is -0.134. The van der Waals surface area contributed by atoms with E-state index in [1.807, 2.05) is 13.8 Å². The molecule has 0 saturated carbocycles. The SMILES string of the molecule is CC(C)C(NC(=O)c1ccncc1)C(=O)N1CCCC1B(O)O. The predicted molar refractivity (Wildman–Crippen MR) is 85.3 cm³/mol. The van der Waals surface area contributed by atoms with Gasteiger partial charge in [-0.05, 0) is 30.9 Å². The van der Waals surface area contributed by atoms with Crippen molar-refractivity contribution < 1.29 is 19.6 Å². The van der Waals surface area contributed by atoms with Gasteiger partial charge in [-0.15, -0.1) is 0 Å². The summed E-state index contributed by atoms with van der Waals surface area (Å²) in [5, 5.41) is 21.6. The van der Waals surface area contributed by atoms with E-state index in [9.17, 15) is 19.6 Å². The van der Waals surface area contributed by atoms with Gasteiger partial charge >= 0.3 is 7.12 Å². The van der Waals surface area contributed by atoms with Crippen LogP contribution in [0.3, 0.4) is 0 Å². The van der Waals surface area contributed by atoms with Crippen LogP contribution < -0.4 is 5.32 Å². The normalized spacial score (nSPS) is 18.8. The number of rotatable bonds is 5. The lowest BCUT2D eigenvalue weighted by Crippen LogP contribution is -2.55. The van der Waals surface area contributed by atoms with Crippen molar-refractivity contribution in [1.29, 1.82) is 0 Å². The van der Waals surface area contributed by atoms with E-state index in [4.69, 9.17) is 0 Å². The van der Waals surface area contributed by atoms with Gasteiger partial charge in [0.05, 0.1) is 5.94 Å². The number of nitrogens with one attached hydrogen (secondary N) is 1. The zero-order chi connectivity index (χ0) is 17.0. The molecule has 2 unspecified atom stereocenters. The van der Waals surface area contributed by atoms with Gasteiger partial charge in [-0.3, -0.25) is 14.6 Å². The van der Waals surface area contributed by atoms with E-state index in [0.29, 0.717) is 18.5 Å². The van der Waals surface area contributed by atoms with E-state index in [1.165, 1.54) is 17.3 Å². The van der Waals surface area contributed by atoms with Crippen molar-refractivity contribution in [3.63, 3.8) is 0 Å². The standard InChI is InChI=1S/C15H22BN3O4/c1-10(2)13(18-14(20)11-5-7-17-8-6-11)15(21)19-9-3-4-12(19)16(22)23/h5-8,10,12-13,22-23H,3-4,9H2,1-2H3,(H,18,20). The number of amides is 2. The molecule has 7 nitrogen and oxygen atoms in total. The number of nitrogens with zero attached hydrogens (tertiary/aromatic N) is 2. The highest BCUT2D eigenvalue weighted by Crippen LogP contribution is 2.21. The van der Waals surface area contributed by atoms with Gasteiger partial charge in [0.25, 0.3) is 5.91 Å². The molecular weight excluding hydrogens is 297 g/mol. The number of aromatic nitrogens is 1. The molecule has 23 heavy (non-hydrogen) atoms. The summed E-state index contributed by atoms with van der Waals surface area (Å²) in [6, 6.07) is 2.44. The number of pyridine rings is 1. The van der Waals surface area contributed by atoms with Crippen molar-refractivity contribution >= 4 is 18.9 Å². The highest BCUT2D eigenvalue weighted by Gasteiger charge is 2.40. The number of carbonyl (C=O) groups excluding carboxylic acids is 2. The third-order valence-electron chi connectivity index (χ3n) is 4.09. The summed E-state index contributed by atoms with van der Waals surface area (Å²) in [5.41, 5.74) is 0.429. The average molecular weight is 319 g/mol. The van der Waals surface area contributed by atoms with Crippen LogP contribution in [-0.4, -0.2) is 57.4 Å². The van der Waals surface area contributed by atoms with Crippen LogP contribution in [0, 0.1) is 5.92 Å². The zero-order valence-electron chi connectivity index (χ0n) is 13.3. The Bertz CT molecular complexity index is 553. The lowest BCUT2D eigenvalue weighted by atomic mass is 9.77. The molecule has 0 bridgehead atoms. The summed E-state index contributed by atoms with van der Waals surface area (Å²) in [6.45, 7) is 4.15. The van der Waals surface area contributed by atoms with Crippen molar-refractivity contribution in [1.82, 2.24) is 15.2 Å². The van der Waals surface area contributed by atoms with Crippen LogP contribution in [0.5, 0.6) is 0 Å². The maximum Gasteiger partial charge on any atom is 0.475 e. The van der Waals surface area contributed by atoms with Gasteiger partial charge in [-0.25, -0.2) is 0 Å². The first-order chi connectivity index (χ1) is 10.9. The minimum absolute atomic E-state index is 0.120. The molecule has 1 aliphatic rings. The molecule has 1 aliphatic heterocycles. The Kier molecular flexibility index (Phi) is 5.73. The first-order valence-electron chi connectivity index (χ1n) is 7.79. The molecule has 2 amide bonds. The van der Waals surface area contributed by atoms with E-state index >= 15 is 0 Å². The number of likely N-dealkylation sites (tertiary alicyclic amines) is 1. The lowest BCUT2D eigenvalue weighted by Gasteiger charge is -2.30. The summed E-state index contributed by atoms with van der Waals surface area (Å²) in [7, 11) is -1.56. The molecule has 1 fully saturated rings. The van der Waals surface area contributed by atoms with Gasteiger partial charge in [0.15, 0.2) is 0 Å². The Balaban J connectivity index is 2.12. The second-order valence-corrected chi connectivity index (χ2v) is 6.09. The summed E-state index contributed by atoms with van der Waals surface area (Å²) in [6.07, 6.45) is 4.29. The summed E-state index contributed by atoms with van der Waals surface area (Å²) in [4.78, 5) is 30.4. The van der Waals surface area contributed by atoms with Crippen LogP contribution in [0.1, 0.15) is 37.0 Å². The van der Waals surface area contributed by atoms with Gasteiger partial charge in [0, 0.05) is 24.5 Å². The minimum Gasteiger partial charge on any atom is -0.426 e. The molecule has 1 aromatic heterocycles. The van der Waals surface area contributed by atoms with E-state index in [-0.39, 0.29) is 17.7 Å². The van der Waals surface area contributed by atoms with Crippen molar-refractivity contribution in [2.45, 2.75) is 38.7 Å². The molecule has 0 aromatic carbocycles. The van der Waals surface area contributed by atoms with Gasteiger partial charge in [-0.1, -0.05) is 13.8 Å². The van der Waals surface area contributed by atoms with Crippen molar-refractivity contribution in [2.24, 2.45) is 5.92 Å². The number of hydrogen-bond donors (Lipinski definition) is 3. The van der Waals surface area contributed by atoms with Crippen LogP contribution in [-0.2, 0) is 4.79 Å². The summed E-state index contributed by atoms with van der Waals surface area (Å²) in [5.74, 6) is -1.36. The molecule has 8 heteroatoms.